The second kappa shape index (κ2) is 10.8. The molecule has 0 bridgehead atoms. The fraction of sp³-hybridized carbons (Fsp3) is 0.435. The van der Waals surface area contributed by atoms with Gasteiger partial charge in [-0.1, -0.05) is 30.3 Å². The summed E-state index contributed by atoms with van der Waals surface area (Å²) in [5.74, 6) is 1.90. The molecule has 1 heterocycles. The van der Waals surface area contributed by atoms with E-state index in [0.717, 1.165) is 49.8 Å². The monoisotopic (exact) mass is 397 g/mol. The van der Waals surface area contributed by atoms with Gasteiger partial charge in [-0.05, 0) is 29.8 Å². The minimum absolute atomic E-state index is 0.154. The lowest BCUT2D eigenvalue weighted by atomic mass is 10.2. The van der Waals surface area contributed by atoms with Crippen LogP contribution in [0.2, 0.25) is 0 Å². The maximum Gasteiger partial charge on any atom is 0.236 e. The molecular weight excluding hydrogens is 366 g/mol. The standard InChI is InChI=1S/C23H31N3O3/c1-24(18-20-8-10-21(28-2)11-9-20)23(27)19-26-14-12-25(13-15-26)16-17-29-22-6-4-3-5-7-22/h3-11H,12-19H2,1-2H3. The van der Waals surface area contributed by atoms with Crippen LogP contribution in [0.4, 0.5) is 0 Å². The van der Waals surface area contributed by atoms with E-state index in [1.807, 2.05) is 61.6 Å². The van der Waals surface area contributed by atoms with E-state index in [-0.39, 0.29) is 5.91 Å². The third kappa shape index (κ3) is 6.76. The highest BCUT2D eigenvalue weighted by molar-refractivity contribution is 5.78. The van der Waals surface area contributed by atoms with E-state index < -0.39 is 0 Å². The summed E-state index contributed by atoms with van der Waals surface area (Å²) in [7, 11) is 3.52. The largest absolute Gasteiger partial charge is 0.497 e. The van der Waals surface area contributed by atoms with Crippen LogP contribution in [0.15, 0.2) is 54.6 Å². The van der Waals surface area contributed by atoms with Crippen LogP contribution in [0, 0.1) is 0 Å². The second-order valence-corrected chi connectivity index (χ2v) is 7.38. The Morgan fingerprint density at radius 3 is 2.24 bits per heavy atom. The molecule has 2 aromatic carbocycles. The fourth-order valence-electron chi connectivity index (χ4n) is 3.39. The molecule has 0 spiro atoms. The molecule has 3 rings (SSSR count). The van der Waals surface area contributed by atoms with E-state index in [1.54, 1.807) is 12.0 Å². The molecule has 29 heavy (non-hydrogen) atoms. The summed E-state index contributed by atoms with van der Waals surface area (Å²) in [6.07, 6.45) is 0. The Kier molecular flexibility index (Phi) is 7.90. The number of carbonyl (C=O) groups is 1. The number of hydrogen-bond acceptors (Lipinski definition) is 5. The normalized spacial score (nSPS) is 15.1. The molecule has 0 N–H and O–H groups in total. The first kappa shape index (κ1) is 21.1. The average molecular weight is 398 g/mol. The zero-order valence-corrected chi connectivity index (χ0v) is 17.4. The Bertz CT molecular complexity index is 744. The number of nitrogens with zero attached hydrogens (tertiary/aromatic N) is 3. The molecule has 156 valence electrons. The van der Waals surface area contributed by atoms with Gasteiger partial charge in [0.2, 0.25) is 5.91 Å². The molecule has 2 aromatic rings. The highest BCUT2D eigenvalue weighted by Crippen LogP contribution is 2.13. The topological polar surface area (TPSA) is 45.2 Å². The van der Waals surface area contributed by atoms with E-state index >= 15 is 0 Å². The van der Waals surface area contributed by atoms with Crippen molar-refractivity contribution in [2.75, 3.05) is 60.0 Å². The van der Waals surface area contributed by atoms with E-state index in [2.05, 4.69) is 9.80 Å². The molecule has 1 aliphatic rings. The molecule has 0 atom stereocenters. The summed E-state index contributed by atoms with van der Waals surface area (Å²) in [4.78, 5) is 19.0. The highest BCUT2D eigenvalue weighted by Gasteiger charge is 2.20. The first-order valence-electron chi connectivity index (χ1n) is 10.1. The zero-order chi connectivity index (χ0) is 20.5. The van der Waals surface area contributed by atoms with E-state index in [4.69, 9.17) is 9.47 Å². The number of piperazine rings is 1. The maximum absolute atomic E-state index is 12.6. The minimum atomic E-state index is 0.154. The molecule has 0 aromatic heterocycles. The number of hydrogen-bond donors (Lipinski definition) is 0. The van der Waals surface area contributed by atoms with Crippen molar-refractivity contribution in [3.05, 3.63) is 60.2 Å². The molecule has 1 aliphatic heterocycles. The quantitative estimate of drug-likeness (QED) is 0.650. The highest BCUT2D eigenvalue weighted by atomic mass is 16.5. The molecule has 0 aliphatic carbocycles. The Morgan fingerprint density at radius 2 is 1.59 bits per heavy atom. The van der Waals surface area contributed by atoms with Crippen LogP contribution in [0.5, 0.6) is 11.5 Å². The van der Waals surface area contributed by atoms with Crippen molar-refractivity contribution >= 4 is 5.91 Å². The number of amides is 1. The second-order valence-electron chi connectivity index (χ2n) is 7.38. The van der Waals surface area contributed by atoms with Crippen molar-refractivity contribution in [2.24, 2.45) is 0 Å². The smallest absolute Gasteiger partial charge is 0.236 e. The molecular formula is C23H31N3O3. The SMILES string of the molecule is COc1ccc(CN(C)C(=O)CN2CCN(CCOc3ccccc3)CC2)cc1. The van der Waals surface area contributed by atoms with Gasteiger partial charge in [0.25, 0.3) is 0 Å². The maximum atomic E-state index is 12.6. The first-order chi connectivity index (χ1) is 14.1. The average Bonchev–Trinajstić information content (AvgIpc) is 2.76. The molecule has 1 amide bonds. The van der Waals surface area contributed by atoms with Crippen molar-refractivity contribution in [1.29, 1.82) is 0 Å². The lowest BCUT2D eigenvalue weighted by Crippen LogP contribution is -2.50. The van der Waals surface area contributed by atoms with Crippen molar-refractivity contribution in [3.8, 4) is 11.5 Å². The van der Waals surface area contributed by atoms with Crippen molar-refractivity contribution in [2.45, 2.75) is 6.54 Å². The summed E-state index contributed by atoms with van der Waals surface area (Å²) in [5, 5.41) is 0. The van der Waals surface area contributed by atoms with Gasteiger partial charge in [0.05, 0.1) is 13.7 Å². The Hall–Kier alpha value is -2.57. The number of para-hydroxylation sites is 1. The van der Waals surface area contributed by atoms with Gasteiger partial charge in [-0.3, -0.25) is 14.6 Å². The van der Waals surface area contributed by atoms with Gasteiger partial charge in [-0.15, -0.1) is 0 Å². The number of likely N-dealkylation sites (N-methyl/N-ethyl adjacent to an activating group) is 1. The van der Waals surface area contributed by atoms with Gasteiger partial charge in [-0.2, -0.15) is 0 Å². The van der Waals surface area contributed by atoms with Gasteiger partial charge in [0.1, 0.15) is 18.1 Å². The molecule has 1 saturated heterocycles. The molecule has 6 nitrogen and oxygen atoms in total. The third-order valence-corrected chi connectivity index (χ3v) is 5.25. The van der Waals surface area contributed by atoms with Crippen molar-refractivity contribution in [3.63, 3.8) is 0 Å². The molecule has 6 heteroatoms. The molecule has 1 fully saturated rings. The summed E-state index contributed by atoms with van der Waals surface area (Å²) >= 11 is 0. The first-order valence-corrected chi connectivity index (χ1v) is 10.1. The van der Waals surface area contributed by atoms with Crippen LogP contribution in [-0.2, 0) is 11.3 Å². The van der Waals surface area contributed by atoms with E-state index in [9.17, 15) is 4.79 Å². The van der Waals surface area contributed by atoms with Crippen LogP contribution < -0.4 is 9.47 Å². The molecule has 0 unspecified atom stereocenters. The van der Waals surface area contributed by atoms with Gasteiger partial charge >= 0.3 is 0 Å². The minimum Gasteiger partial charge on any atom is -0.497 e. The zero-order valence-electron chi connectivity index (χ0n) is 17.4. The van der Waals surface area contributed by atoms with Crippen molar-refractivity contribution in [1.82, 2.24) is 14.7 Å². The van der Waals surface area contributed by atoms with Crippen LogP contribution in [-0.4, -0.2) is 80.6 Å². The van der Waals surface area contributed by atoms with Crippen LogP contribution in [0.1, 0.15) is 5.56 Å². The predicted molar refractivity (Wildman–Crippen MR) is 114 cm³/mol. The predicted octanol–water partition coefficient (Wildman–Crippen LogP) is 2.35. The third-order valence-electron chi connectivity index (χ3n) is 5.25. The summed E-state index contributed by atoms with van der Waals surface area (Å²) in [5.41, 5.74) is 1.10. The number of rotatable bonds is 9. The Labute approximate surface area is 173 Å². The van der Waals surface area contributed by atoms with Gasteiger partial charge in [-0.25, -0.2) is 0 Å². The van der Waals surface area contributed by atoms with Crippen LogP contribution in [0.3, 0.4) is 0 Å². The fourth-order valence-corrected chi connectivity index (χ4v) is 3.39. The lowest BCUT2D eigenvalue weighted by molar-refractivity contribution is -0.132. The number of benzene rings is 2. The summed E-state index contributed by atoms with van der Waals surface area (Å²) in [6, 6.07) is 17.8. The lowest BCUT2D eigenvalue weighted by Gasteiger charge is -2.34. The molecule has 0 saturated carbocycles. The van der Waals surface area contributed by atoms with Gasteiger partial charge in [0, 0.05) is 46.3 Å². The summed E-state index contributed by atoms with van der Waals surface area (Å²) in [6.45, 7) is 6.43. The van der Waals surface area contributed by atoms with Gasteiger partial charge in [0.15, 0.2) is 0 Å². The number of ether oxygens (including phenoxy) is 2. The Balaban J connectivity index is 1.34. The van der Waals surface area contributed by atoms with E-state index in [1.165, 1.54) is 0 Å². The van der Waals surface area contributed by atoms with E-state index in [0.29, 0.717) is 19.7 Å². The number of methoxy groups -OCH3 is 1. The molecule has 0 radical (unpaired) electrons. The van der Waals surface area contributed by atoms with Gasteiger partial charge < -0.3 is 14.4 Å². The summed E-state index contributed by atoms with van der Waals surface area (Å²) < 4.78 is 11.0. The number of carbonyl (C=O) groups excluding carboxylic acids is 1. The Morgan fingerprint density at radius 1 is 0.931 bits per heavy atom. The van der Waals surface area contributed by atoms with Crippen LogP contribution >= 0.6 is 0 Å². The van der Waals surface area contributed by atoms with Crippen LogP contribution in [0.25, 0.3) is 0 Å². The van der Waals surface area contributed by atoms with Crippen molar-refractivity contribution < 1.29 is 14.3 Å².